The molecule has 0 aliphatic rings. The predicted molar refractivity (Wildman–Crippen MR) is 83.2 cm³/mol. The lowest BCUT2D eigenvalue weighted by Gasteiger charge is -2.12. The first-order valence-corrected chi connectivity index (χ1v) is 6.62. The number of amides is 1. The van der Waals surface area contributed by atoms with Gasteiger partial charge in [-0.25, -0.2) is 0 Å². The second-order valence-electron chi connectivity index (χ2n) is 4.66. The molecule has 1 aromatic heterocycles. The molecule has 3 N–H and O–H groups in total. The van der Waals surface area contributed by atoms with Gasteiger partial charge < -0.3 is 10.6 Å². The Labute approximate surface area is 124 Å². The Hall–Kier alpha value is -1.59. The number of carbonyl (C=O) groups excluding carboxylic acids is 1. The zero-order valence-electron chi connectivity index (χ0n) is 11.8. The summed E-state index contributed by atoms with van der Waals surface area (Å²) in [4.78, 5) is 11.9. The Kier molecular flexibility index (Phi) is 6.48. The summed E-state index contributed by atoms with van der Waals surface area (Å²) in [5, 5.41) is 14.3. The number of nitrogens with one attached hydrogen (secondary N) is 3. The summed E-state index contributed by atoms with van der Waals surface area (Å²) in [7, 11) is 0. The Bertz CT molecular complexity index is 555. The third kappa shape index (κ3) is 4.21. The Morgan fingerprint density at radius 1 is 1.40 bits per heavy atom. The minimum atomic E-state index is 0. The number of hydrogen-bond acceptors (Lipinski definition) is 3. The Balaban J connectivity index is 0.00000200. The van der Waals surface area contributed by atoms with Crippen molar-refractivity contribution in [1.29, 1.82) is 0 Å². The van der Waals surface area contributed by atoms with Crippen molar-refractivity contribution in [2.75, 3.05) is 13.1 Å². The fraction of sp³-hybridized carbons (Fsp3) is 0.429. The monoisotopic (exact) mass is 296 g/mol. The van der Waals surface area contributed by atoms with E-state index in [0.717, 1.165) is 23.1 Å². The second kappa shape index (κ2) is 7.87. The number of halogens is 1. The van der Waals surface area contributed by atoms with E-state index in [2.05, 4.69) is 34.7 Å². The van der Waals surface area contributed by atoms with E-state index >= 15 is 0 Å². The van der Waals surface area contributed by atoms with Crippen LogP contribution in [0.4, 0.5) is 0 Å². The number of H-pyrrole nitrogens is 1. The quantitative estimate of drug-likeness (QED) is 0.759. The van der Waals surface area contributed by atoms with Gasteiger partial charge >= 0.3 is 0 Å². The van der Waals surface area contributed by atoms with Gasteiger partial charge in [0.05, 0.1) is 17.6 Å². The van der Waals surface area contributed by atoms with Gasteiger partial charge in [0.2, 0.25) is 5.91 Å². The average molecular weight is 297 g/mol. The molecule has 1 atom stereocenters. The first-order chi connectivity index (χ1) is 9.20. The number of aromatic nitrogens is 2. The molecule has 0 aliphatic carbocycles. The largest absolute Gasteiger partial charge is 0.354 e. The molecule has 0 saturated heterocycles. The molecule has 1 heterocycles. The molecule has 6 heteroatoms. The molecule has 0 spiro atoms. The molecular weight excluding hydrogens is 276 g/mol. The maximum Gasteiger partial charge on any atom is 0.226 e. The maximum absolute atomic E-state index is 11.9. The van der Waals surface area contributed by atoms with Crippen molar-refractivity contribution in [2.45, 2.75) is 26.3 Å². The van der Waals surface area contributed by atoms with E-state index in [1.807, 2.05) is 24.3 Å². The minimum Gasteiger partial charge on any atom is -0.354 e. The van der Waals surface area contributed by atoms with Crippen LogP contribution in [-0.2, 0) is 11.2 Å². The molecule has 1 amide bonds. The Morgan fingerprint density at radius 2 is 2.15 bits per heavy atom. The fourth-order valence-electron chi connectivity index (χ4n) is 2.06. The highest BCUT2D eigenvalue weighted by atomic mass is 35.5. The van der Waals surface area contributed by atoms with E-state index in [1.54, 1.807) is 0 Å². The van der Waals surface area contributed by atoms with Crippen molar-refractivity contribution in [3.8, 4) is 0 Å². The van der Waals surface area contributed by atoms with Gasteiger partial charge in [0.25, 0.3) is 0 Å². The number of fused-ring (bicyclic) bond motifs is 1. The minimum absolute atomic E-state index is 0. The molecule has 1 aromatic carbocycles. The van der Waals surface area contributed by atoms with Crippen LogP contribution in [0.2, 0.25) is 0 Å². The normalized spacial score (nSPS) is 11.9. The molecule has 2 aromatic rings. The summed E-state index contributed by atoms with van der Waals surface area (Å²) >= 11 is 0. The van der Waals surface area contributed by atoms with E-state index in [9.17, 15) is 4.79 Å². The molecule has 110 valence electrons. The molecule has 0 bridgehead atoms. The van der Waals surface area contributed by atoms with Crippen LogP contribution >= 0.6 is 12.4 Å². The highest BCUT2D eigenvalue weighted by Crippen LogP contribution is 2.15. The molecule has 20 heavy (non-hydrogen) atoms. The van der Waals surface area contributed by atoms with Crippen molar-refractivity contribution in [2.24, 2.45) is 0 Å². The maximum atomic E-state index is 11.9. The van der Waals surface area contributed by atoms with Crippen LogP contribution in [-0.4, -0.2) is 35.2 Å². The van der Waals surface area contributed by atoms with Crippen LogP contribution < -0.4 is 10.6 Å². The number of nitrogens with zero attached hydrogens (tertiary/aromatic N) is 1. The zero-order valence-corrected chi connectivity index (χ0v) is 12.6. The number of benzene rings is 1. The third-order valence-corrected chi connectivity index (χ3v) is 3.04. The van der Waals surface area contributed by atoms with E-state index in [-0.39, 0.29) is 24.4 Å². The highest BCUT2D eigenvalue weighted by molar-refractivity contribution is 5.87. The van der Waals surface area contributed by atoms with Crippen LogP contribution in [0.15, 0.2) is 24.3 Å². The molecule has 0 radical (unpaired) electrons. The van der Waals surface area contributed by atoms with Crippen LogP contribution in [0, 0.1) is 0 Å². The summed E-state index contributed by atoms with van der Waals surface area (Å²) in [6.45, 7) is 5.64. The molecule has 0 unspecified atom stereocenters. The highest BCUT2D eigenvalue weighted by Gasteiger charge is 2.10. The van der Waals surface area contributed by atoms with Gasteiger partial charge in [0, 0.05) is 18.0 Å². The second-order valence-corrected chi connectivity index (χ2v) is 4.66. The number of para-hydroxylation sites is 1. The van der Waals surface area contributed by atoms with Crippen molar-refractivity contribution in [3.05, 3.63) is 30.0 Å². The first kappa shape index (κ1) is 16.5. The molecule has 0 saturated carbocycles. The van der Waals surface area contributed by atoms with Crippen LogP contribution in [0.1, 0.15) is 19.5 Å². The van der Waals surface area contributed by atoms with Gasteiger partial charge in [-0.2, -0.15) is 5.10 Å². The lowest BCUT2D eigenvalue weighted by molar-refractivity contribution is -0.120. The Morgan fingerprint density at radius 3 is 2.90 bits per heavy atom. The first-order valence-electron chi connectivity index (χ1n) is 6.62. The summed E-state index contributed by atoms with van der Waals surface area (Å²) in [5.41, 5.74) is 1.76. The molecule has 0 fully saturated rings. The van der Waals surface area contributed by atoms with Gasteiger partial charge in [-0.05, 0) is 19.5 Å². The SMILES string of the molecule is CCN[C@H](C)CNC(=O)Cc1[nH]nc2ccccc12.Cl. The lowest BCUT2D eigenvalue weighted by atomic mass is 10.1. The van der Waals surface area contributed by atoms with E-state index in [0.29, 0.717) is 13.0 Å². The molecular formula is C14H21ClN4O. The van der Waals surface area contributed by atoms with E-state index in [4.69, 9.17) is 0 Å². The van der Waals surface area contributed by atoms with E-state index < -0.39 is 0 Å². The van der Waals surface area contributed by atoms with Gasteiger partial charge in [0.1, 0.15) is 0 Å². The lowest BCUT2D eigenvalue weighted by Crippen LogP contribution is -2.39. The summed E-state index contributed by atoms with van der Waals surface area (Å²) < 4.78 is 0. The van der Waals surface area contributed by atoms with E-state index in [1.165, 1.54) is 0 Å². The van der Waals surface area contributed by atoms with Crippen LogP contribution in [0.25, 0.3) is 10.9 Å². The number of hydrogen-bond donors (Lipinski definition) is 3. The molecule has 0 aliphatic heterocycles. The van der Waals surface area contributed by atoms with Crippen molar-refractivity contribution >= 4 is 29.2 Å². The number of likely N-dealkylation sites (N-methyl/N-ethyl adjacent to an activating group) is 1. The molecule has 5 nitrogen and oxygen atoms in total. The fourth-order valence-corrected chi connectivity index (χ4v) is 2.06. The summed E-state index contributed by atoms with van der Waals surface area (Å²) in [6, 6.07) is 8.08. The standard InChI is InChI=1S/C14H20N4O.ClH/c1-3-15-10(2)9-16-14(19)8-13-11-6-4-5-7-12(11)17-18-13;/h4-7,10,15H,3,8-9H2,1-2H3,(H,16,19)(H,17,18);1H/t10-;/m1./s1. The third-order valence-electron chi connectivity index (χ3n) is 3.04. The number of aromatic amines is 1. The summed E-state index contributed by atoms with van der Waals surface area (Å²) in [6.07, 6.45) is 0.333. The molecule has 2 rings (SSSR count). The predicted octanol–water partition coefficient (Wildman–Crippen LogP) is 1.64. The topological polar surface area (TPSA) is 69.8 Å². The van der Waals surface area contributed by atoms with Crippen molar-refractivity contribution in [1.82, 2.24) is 20.8 Å². The van der Waals surface area contributed by atoms with Gasteiger partial charge in [-0.1, -0.05) is 25.1 Å². The summed E-state index contributed by atoms with van der Waals surface area (Å²) in [5.74, 6) is 0.0131. The zero-order chi connectivity index (χ0) is 13.7. The average Bonchev–Trinajstić information content (AvgIpc) is 2.80. The number of rotatable bonds is 6. The van der Waals surface area contributed by atoms with Gasteiger partial charge in [0.15, 0.2) is 0 Å². The van der Waals surface area contributed by atoms with Crippen LogP contribution in [0.3, 0.4) is 0 Å². The van der Waals surface area contributed by atoms with Crippen molar-refractivity contribution in [3.63, 3.8) is 0 Å². The van der Waals surface area contributed by atoms with Gasteiger partial charge in [-0.15, -0.1) is 12.4 Å². The smallest absolute Gasteiger partial charge is 0.226 e. The van der Waals surface area contributed by atoms with Crippen LogP contribution in [0.5, 0.6) is 0 Å². The van der Waals surface area contributed by atoms with Gasteiger partial charge in [-0.3, -0.25) is 9.89 Å². The van der Waals surface area contributed by atoms with Crippen molar-refractivity contribution < 1.29 is 4.79 Å². The number of carbonyl (C=O) groups is 1.